The predicted octanol–water partition coefficient (Wildman–Crippen LogP) is 6.25. The molecule has 0 bridgehead atoms. The Morgan fingerprint density at radius 2 is 1.73 bits per heavy atom. The van der Waals surface area contributed by atoms with E-state index >= 15 is 0 Å². The van der Waals surface area contributed by atoms with Gasteiger partial charge in [-0.05, 0) is 79.3 Å². The molecule has 170 valence electrons. The van der Waals surface area contributed by atoms with Gasteiger partial charge in [-0.15, -0.1) is 0 Å². The normalized spacial score (nSPS) is 11.8. The molecule has 2 aromatic carbocycles. The van der Waals surface area contributed by atoms with E-state index in [1.54, 1.807) is 19.3 Å². The van der Waals surface area contributed by atoms with E-state index in [4.69, 9.17) is 4.74 Å². The van der Waals surface area contributed by atoms with Gasteiger partial charge in [0.15, 0.2) is 0 Å². The van der Waals surface area contributed by atoms with E-state index in [0.29, 0.717) is 11.4 Å². The lowest BCUT2D eigenvalue weighted by Crippen LogP contribution is -2.14. The van der Waals surface area contributed by atoms with E-state index in [9.17, 15) is 10.1 Å². The number of amides is 1. The van der Waals surface area contributed by atoms with Crippen LogP contribution in [0.25, 0.3) is 11.8 Å². The maximum Gasteiger partial charge on any atom is 0.266 e. The molecule has 0 aliphatic heterocycles. The zero-order valence-electron chi connectivity index (χ0n) is 20.4. The predicted molar refractivity (Wildman–Crippen MR) is 134 cm³/mol. The van der Waals surface area contributed by atoms with Crippen LogP contribution in [-0.4, -0.2) is 17.6 Å². The van der Waals surface area contributed by atoms with Crippen LogP contribution in [0.4, 0.5) is 5.69 Å². The van der Waals surface area contributed by atoms with Gasteiger partial charge in [0.05, 0.1) is 12.8 Å². The summed E-state index contributed by atoms with van der Waals surface area (Å²) in [4.78, 5) is 12.9. The Hall–Kier alpha value is -3.78. The molecule has 1 aromatic heterocycles. The number of hydrogen-bond donors (Lipinski definition) is 1. The van der Waals surface area contributed by atoms with Gasteiger partial charge >= 0.3 is 0 Å². The van der Waals surface area contributed by atoms with Crippen molar-refractivity contribution >= 4 is 17.7 Å². The van der Waals surface area contributed by atoms with Gasteiger partial charge in [0.25, 0.3) is 5.91 Å². The van der Waals surface area contributed by atoms with Crippen LogP contribution in [0.5, 0.6) is 5.75 Å². The molecule has 5 heteroatoms. The minimum Gasteiger partial charge on any atom is -0.495 e. The number of ether oxygens (including phenoxy) is 1. The molecule has 0 atom stereocenters. The minimum absolute atomic E-state index is 0.0295. The van der Waals surface area contributed by atoms with Gasteiger partial charge in [0.2, 0.25) is 0 Å². The fourth-order valence-electron chi connectivity index (χ4n) is 3.85. The Bertz CT molecular complexity index is 1250. The third-order valence-corrected chi connectivity index (χ3v) is 5.73. The third kappa shape index (κ3) is 5.18. The highest BCUT2D eigenvalue weighted by molar-refractivity contribution is 6.10. The fourth-order valence-corrected chi connectivity index (χ4v) is 3.85. The first kappa shape index (κ1) is 23.9. The number of hydrogen-bond acceptors (Lipinski definition) is 3. The molecule has 0 spiro atoms. The van der Waals surface area contributed by atoms with Gasteiger partial charge in [-0.3, -0.25) is 4.79 Å². The summed E-state index contributed by atoms with van der Waals surface area (Å²) in [5.41, 5.74) is 6.77. The fraction of sp³-hybridized carbons (Fsp3) is 0.286. The lowest BCUT2D eigenvalue weighted by molar-refractivity contribution is -0.112. The molecule has 0 saturated carbocycles. The van der Waals surface area contributed by atoms with E-state index in [1.807, 2.05) is 45.0 Å². The quantitative estimate of drug-likeness (QED) is 0.376. The summed E-state index contributed by atoms with van der Waals surface area (Å²) in [5, 5.41) is 12.5. The number of nitrogens with one attached hydrogen (secondary N) is 1. The van der Waals surface area contributed by atoms with Crippen molar-refractivity contribution in [3.63, 3.8) is 0 Å². The number of benzene rings is 2. The molecule has 0 saturated heterocycles. The van der Waals surface area contributed by atoms with Gasteiger partial charge in [0, 0.05) is 17.1 Å². The van der Waals surface area contributed by atoms with Crippen molar-refractivity contribution in [2.45, 2.75) is 47.0 Å². The molecule has 3 rings (SSSR count). The number of anilines is 1. The molecule has 1 heterocycles. The molecule has 0 unspecified atom stereocenters. The molecular weight excluding hydrogens is 410 g/mol. The average Bonchev–Trinajstić information content (AvgIpc) is 3.04. The summed E-state index contributed by atoms with van der Waals surface area (Å²) < 4.78 is 7.46. The smallest absolute Gasteiger partial charge is 0.266 e. The van der Waals surface area contributed by atoms with Crippen LogP contribution in [0.15, 0.2) is 54.1 Å². The van der Waals surface area contributed by atoms with Crippen molar-refractivity contribution in [3.05, 3.63) is 82.2 Å². The minimum atomic E-state index is -0.472. The second-order valence-corrected chi connectivity index (χ2v) is 9.29. The monoisotopic (exact) mass is 441 g/mol. The Morgan fingerprint density at radius 1 is 1.06 bits per heavy atom. The highest BCUT2D eigenvalue weighted by Crippen LogP contribution is 2.28. The lowest BCUT2D eigenvalue weighted by Gasteiger charge is -2.20. The molecular formula is C28H31N3O2. The highest BCUT2D eigenvalue weighted by atomic mass is 16.5. The summed E-state index contributed by atoms with van der Waals surface area (Å²) in [6, 6.07) is 18.0. The van der Waals surface area contributed by atoms with E-state index in [0.717, 1.165) is 28.2 Å². The van der Waals surface area contributed by atoms with Crippen LogP contribution in [0.2, 0.25) is 0 Å². The molecule has 0 aliphatic carbocycles. The second kappa shape index (κ2) is 9.38. The number of carbonyl (C=O) groups excluding carboxylic acids is 1. The number of nitrogens with zero attached hydrogens (tertiary/aromatic N) is 2. The Labute approximate surface area is 196 Å². The summed E-state index contributed by atoms with van der Waals surface area (Å²) in [6.45, 7) is 12.5. The van der Waals surface area contributed by atoms with E-state index in [1.165, 1.54) is 5.56 Å². The largest absolute Gasteiger partial charge is 0.495 e. The number of aryl methyl sites for hydroxylation is 2. The Morgan fingerprint density at radius 3 is 2.30 bits per heavy atom. The molecule has 33 heavy (non-hydrogen) atoms. The van der Waals surface area contributed by atoms with Crippen molar-refractivity contribution in [2.24, 2.45) is 0 Å². The molecule has 1 amide bonds. The molecule has 1 N–H and O–H groups in total. The third-order valence-electron chi connectivity index (χ3n) is 5.73. The number of nitriles is 1. The van der Waals surface area contributed by atoms with Crippen molar-refractivity contribution < 1.29 is 9.53 Å². The number of rotatable bonds is 5. The van der Waals surface area contributed by atoms with E-state index < -0.39 is 5.91 Å². The Kier molecular flexibility index (Phi) is 6.78. The summed E-state index contributed by atoms with van der Waals surface area (Å²) in [7, 11) is 1.55. The molecule has 0 fully saturated rings. The van der Waals surface area contributed by atoms with Gasteiger partial charge in [-0.2, -0.15) is 5.26 Å². The first-order valence-corrected chi connectivity index (χ1v) is 10.9. The van der Waals surface area contributed by atoms with Gasteiger partial charge in [-0.1, -0.05) is 39.0 Å². The average molecular weight is 442 g/mol. The van der Waals surface area contributed by atoms with Crippen LogP contribution in [-0.2, 0) is 10.2 Å². The number of methoxy groups -OCH3 is 1. The zero-order valence-corrected chi connectivity index (χ0v) is 20.4. The topological polar surface area (TPSA) is 67.0 Å². The molecule has 3 aromatic rings. The molecule has 0 radical (unpaired) electrons. The maximum atomic E-state index is 12.9. The van der Waals surface area contributed by atoms with Crippen LogP contribution in [0.1, 0.15) is 48.8 Å². The molecule has 0 aliphatic rings. The first-order chi connectivity index (χ1) is 15.5. The van der Waals surface area contributed by atoms with Crippen molar-refractivity contribution in [1.29, 1.82) is 5.26 Å². The van der Waals surface area contributed by atoms with Crippen molar-refractivity contribution in [2.75, 3.05) is 12.4 Å². The van der Waals surface area contributed by atoms with Crippen molar-refractivity contribution in [3.8, 4) is 17.5 Å². The standard InChI is InChI=1S/C28H31N3O2/c1-18-8-13-26(33-7)25(14-18)30-27(32)22(17-29)16-21-15-19(2)31(20(21)3)24-11-9-23(10-12-24)28(4,5)6/h8-16H,1-7H3,(H,30,32)/b22-16+. The van der Waals surface area contributed by atoms with Crippen molar-refractivity contribution in [1.82, 2.24) is 4.57 Å². The second-order valence-electron chi connectivity index (χ2n) is 9.29. The number of carbonyl (C=O) groups is 1. The van der Waals surface area contributed by atoms with Crippen LogP contribution in [0, 0.1) is 32.1 Å². The van der Waals surface area contributed by atoms with Gasteiger partial charge in [0.1, 0.15) is 17.4 Å². The Balaban J connectivity index is 1.93. The van der Waals surface area contributed by atoms with Gasteiger partial charge in [-0.25, -0.2) is 0 Å². The SMILES string of the molecule is COc1ccc(C)cc1NC(=O)/C(C#N)=C/c1cc(C)n(-c2ccc(C(C)(C)C)cc2)c1C. The summed E-state index contributed by atoms with van der Waals surface area (Å²) >= 11 is 0. The van der Waals surface area contributed by atoms with E-state index in [2.05, 4.69) is 54.9 Å². The highest BCUT2D eigenvalue weighted by Gasteiger charge is 2.17. The van der Waals surface area contributed by atoms with E-state index in [-0.39, 0.29) is 11.0 Å². The van der Waals surface area contributed by atoms with Crippen LogP contribution >= 0.6 is 0 Å². The van der Waals surface area contributed by atoms with Gasteiger partial charge < -0.3 is 14.6 Å². The summed E-state index contributed by atoms with van der Waals surface area (Å²) in [6.07, 6.45) is 1.64. The molecule has 5 nitrogen and oxygen atoms in total. The van der Waals surface area contributed by atoms with Crippen LogP contribution < -0.4 is 10.1 Å². The summed E-state index contributed by atoms with van der Waals surface area (Å²) in [5.74, 6) is 0.0730. The zero-order chi connectivity index (χ0) is 24.3. The maximum absolute atomic E-state index is 12.9. The van der Waals surface area contributed by atoms with Crippen LogP contribution in [0.3, 0.4) is 0 Å². The number of aromatic nitrogens is 1. The first-order valence-electron chi connectivity index (χ1n) is 10.9. The lowest BCUT2D eigenvalue weighted by atomic mass is 9.87.